The van der Waals surface area contributed by atoms with Gasteiger partial charge in [-0.3, -0.25) is 0 Å². The molecule has 156 valence electrons. The summed E-state index contributed by atoms with van der Waals surface area (Å²) in [5.41, 5.74) is 1.88. The highest BCUT2D eigenvalue weighted by atomic mass is 79.9. The van der Waals surface area contributed by atoms with Crippen molar-refractivity contribution in [2.24, 2.45) is 17.8 Å². The van der Waals surface area contributed by atoms with E-state index in [9.17, 15) is 0 Å². The van der Waals surface area contributed by atoms with Crippen LogP contribution >= 0.6 is 15.9 Å². The molecule has 2 aromatic rings. The molecule has 4 aliphatic carbocycles. The Morgan fingerprint density at radius 3 is 2.03 bits per heavy atom. The average molecular weight is 472 g/mol. The molecule has 4 bridgehead atoms. The fourth-order valence-electron chi connectivity index (χ4n) is 6.62. The van der Waals surface area contributed by atoms with Crippen LogP contribution in [0.25, 0.3) is 10.8 Å². The van der Waals surface area contributed by atoms with Crippen molar-refractivity contribution in [3.05, 3.63) is 40.4 Å². The normalized spacial score (nSPS) is 31.4. The van der Waals surface area contributed by atoms with Crippen LogP contribution < -0.4 is 4.43 Å². The fourth-order valence-corrected chi connectivity index (χ4v) is 8.02. The molecular formula is C26H35BrOSi. The van der Waals surface area contributed by atoms with Crippen LogP contribution in [-0.2, 0) is 5.41 Å². The van der Waals surface area contributed by atoms with Crippen LogP contribution in [0.3, 0.4) is 0 Å². The van der Waals surface area contributed by atoms with Crippen molar-refractivity contribution in [2.75, 3.05) is 0 Å². The van der Waals surface area contributed by atoms with Crippen LogP contribution in [0.4, 0.5) is 0 Å². The number of rotatable bonds is 3. The van der Waals surface area contributed by atoms with Gasteiger partial charge in [0.1, 0.15) is 5.75 Å². The summed E-state index contributed by atoms with van der Waals surface area (Å²) in [5.74, 6) is 4.04. The molecule has 0 aromatic heterocycles. The lowest BCUT2D eigenvalue weighted by molar-refractivity contribution is -0.00580. The van der Waals surface area contributed by atoms with Gasteiger partial charge in [0.05, 0.1) is 0 Å². The van der Waals surface area contributed by atoms with Gasteiger partial charge in [-0.25, -0.2) is 0 Å². The van der Waals surface area contributed by atoms with Gasteiger partial charge in [0.25, 0.3) is 0 Å². The first-order valence-electron chi connectivity index (χ1n) is 11.5. The Kier molecular flexibility index (Phi) is 4.58. The molecule has 0 saturated heterocycles. The summed E-state index contributed by atoms with van der Waals surface area (Å²) in [5, 5.41) is 2.86. The molecule has 1 nitrogen and oxygen atoms in total. The molecule has 0 spiro atoms. The summed E-state index contributed by atoms with van der Waals surface area (Å²) in [6.45, 7) is 11.8. The number of hydrogen-bond acceptors (Lipinski definition) is 1. The van der Waals surface area contributed by atoms with Gasteiger partial charge >= 0.3 is 0 Å². The van der Waals surface area contributed by atoms with Crippen molar-refractivity contribution in [1.29, 1.82) is 0 Å². The molecule has 0 radical (unpaired) electrons. The molecule has 0 N–H and O–H groups in total. The summed E-state index contributed by atoms with van der Waals surface area (Å²) < 4.78 is 8.22. The third kappa shape index (κ3) is 3.41. The fraction of sp³-hybridized carbons (Fsp3) is 0.615. The van der Waals surface area contributed by atoms with Gasteiger partial charge in [-0.15, -0.1) is 0 Å². The van der Waals surface area contributed by atoms with Crippen LogP contribution in [-0.4, -0.2) is 8.32 Å². The van der Waals surface area contributed by atoms with E-state index in [1.807, 2.05) is 0 Å². The molecule has 0 atom stereocenters. The highest BCUT2D eigenvalue weighted by Gasteiger charge is 2.53. The van der Waals surface area contributed by atoms with E-state index in [-0.39, 0.29) is 5.04 Å². The summed E-state index contributed by atoms with van der Waals surface area (Å²) in [6, 6.07) is 11.6. The van der Waals surface area contributed by atoms with E-state index in [4.69, 9.17) is 4.43 Å². The number of hydrogen-bond donors (Lipinski definition) is 0. The second kappa shape index (κ2) is 6.60. The molecule has 4 saturated carbocycles. The Morgan fingerprint density at radius 1 is 0.897 bits per heavy atom. The molecule has 0 unspecified atom stereocenters. The summed E-state index contributed by atoms with van der Waals surface area (Å²) in [6.07, 6.45) is 8.59. The largest absolute Gasteiger partial charge is 0.543 e. The van der Waals surface area contributed by atoms with Gasteiger partial charge in [-0.2, -0.15) is 0 Å². The van der Waals surface area contributed by atoms with Gasteiger partial charge < -0.3 is 4.43 Å². The lowest BCUT2D eigenvalue weighted by atomic mass is 9.48. The third-order valence-corrected chi connectivity index (χ3v) is 13.5. The van der Waals surface area contributed by atoms with Crippen molar-refractivity contribution in [1.82, 2.24) is 0 Å². The monoisotopic (exact) mass is 470 g/mol. The van der Waals surface area contributed by atoms with E-state index in [0.717, 1.165) is 17.8 Å². The van der Waals surface area contributed by atoms with Crippen LogP contribution in [0.1, 0.15) is 64.9 Å². The van der Waals surface area contributed by atoms with Crippen molar-refractivity contribution in [2.45, 2.75) is 82.8 Å². The minimum Gasteiger partial charge on any atom is -0.543 e. The van der Waals surface area contributed by atoms with Crippen molar-refractivity contribution in [3.63, 3.8) is 0 Å². The Hall–Kier alpha value is -0.803. The lowest BCUT2D eigenvalue weighted by Gasteiger charge is -2.57. The smallest absolute Gasteiger partial charge is 0.250 e. The van der Waals surface area contributed by atoms with E-state index < -0.39 is 8.32 Å². The van der Waals surface area contributed by atoms with E-state index in [1.54, 1.807) is 0 Å². The van der Waals surface area contributed by atoms with Gasteiger partial charge in [0.15, 0.2) is 0 Å². The van der Waals surface area contributed by atoms with Crippen LogP contribution in [0.15, 0.2) is 34.8 Å². The molecule has 0 aliphatic heterocycles. The van der Waals surface area contributed by atoms with Gasteiger partial charge in [-0.1, -0.05) is 42.8 Å². The molecular weight excluding hydrogens is 436 g/mol. The molecule has 4 fully saturated rings. The molecule has 29 heavy (non-hydrogen) atoms. The van der Waals surface area contributed by atoms with E-state index in [2.05, 4.69) is 80.1 Å². The molecule has 0 amide bonds. The first-order chi connectivity index (χ1) is 13.5. The highest BCUT2D eigenvalue weighted by molar-refractivity contribution is 9.10. The number of benzene rings is 2. The molecule has 6 rings (SSSR count). The zero-order valence-corrected chi connectivity index (χ0v) is 21.2. The number of fused-ring (bicyclic) bond motifs is 1. The molecule has 4 aliphatic rings. The molecule has 2 aromatic carbocycles. The maximum absolute atomic E-state index is 7.05. The van der Waals surface area contributed by atoms with E-state index in [1.165, 1.54) is 65.1 Å². The zero-order valence-electron chi connectivity index (χ0n) is 18.6. The van der Waals surface area contributed by atoms with Gasteiger partial charge in [-0.05, 0) is 120 Å². The van der Waals surface area contributed by atoms with Crippen LogP contribution in [0.5, 0.6) is 5.75 Å². The minimum absolute atomic E-state index is 0.209. The zero-order chi connectivity index (χ0) is 20.6. The maximum Gasteiger partial charge on any atom is 0.250 e. The Bertz CT molecular complexity index is 920. The first-order valence-corrected chi connectivity index (χ1v) is 15.2. The molecule has 0 heterocycles. The Morgan fingerprint density at radius 2 is 1.48 bits per heavy atom. The quantitative estimate of drug-likeness (QED) is 0.408. The number of halogens is 1. The standard InChI is InChI=1S/C26H35BrOSi/c1-25(2,3)29(4,5)28-24-13-20-6-7-22(27)11-21(20)12-23(24)26-14-17-8-18(15-26)10-19(9-17)16-26/h6-7,11-13,17-19H,8-10,14-16H2,1-5H3. The van der Waals surface area contributed by atoms with Crippen molar-refractivity contribution >= 4 is 35.0 Å². The topological polar surface area (TPSA) is 9.23 Å². The predicted octanol–water partition coefficient (Wildman–Crippen LogP) is 8.45. The first kappa shape index (κ1) is 20.1. The van der Waals surface area contributed by atoms with Crippen LogP contribution in [0, 0.1) is 17.8 Å². The van der Waals surface area contributed by atoms with E-state index in [0.29, 0.717) is 5.41 Å². The Labute approximate surface area is 185 Å². The Balaban J connectivity index is 1.67. The van der Waals surface area contributed by atoms with E-state index >= 15 is 0 Å². The van der Waals surface area contributed by atoms with Gasteiger partial charge in [0, 0.05) is 4.47 Å². The highest BCUT2D eigenvalue weighted by Crippen LogP contribution is 2.62. The van der Waals surface area contributed by atoms with Crippen LogP contribution in [0.2, 0.25) is 18.1 Å². The maximum atomic E-state index is 7.05. The summed E-state index contributed by atoms with van der Waals surface area (Å²) in [7, 11) is -1.90. The second-order valence-electron chi connectivity index (χ2n) is 11.9. The van der Waals surface area contributed by atoms with Gasteiger partial charge in [0.2, 0.25) is 8.32 Å². The summed E-state index contributed by atoms with van der Waals surface area (Å²) in [4.78, 5) is 0. The predicted molar refractivity (Wildman–Crippen MR) is 129 cm³/mol. The second-order valence-corrected chi connectivity index (χ2v) is 17.5. The van der Waals surface area contributed by atoms with Crippen molar-refractivity contribution < 1.29 is 4.43 Å². The molecule has 3 heteroatoms. The SMILES string of the molecule is CC(C)(C)[Si](C)(C)Oc1cc2ccc(Br)cc2cc1C12CC3CC(CC(C3)C1)C2. The average Bonchev–Trinajstić information content (AvgIpc) is 2.59. The minimum atomic E-state index is -1.90. The van der Waals surface area contributed by atoms with Crippen molar-refractivity contribution in [3.8, 4) is 5.75 Å². The summed E-state index contributed by atoms with van der Waals surface area (Å²) >= 11 is 3.69. The lowest BCUT2D eigenvalue weighted by Crippen LogP contribution is -2.49. The third-order valence-electron chi connectivity index (χ3n) is 8.68.